The summed E-state index contributed by atoms with van der Waals surface area (Å²) in [6, 6.07) is 21.0. The summed E-state index contributed by atoms with van der Waals surface area (Å²) >= 11 is 7.87. The van der Waals surface area contributed by atoms with Gasteiger partial charge in [0.15, 0.2) is 0 Å². The Morgan fingerprint density at radius 1 is 0.926 bits per heavy atom. The van der Waals surface area contributed by atoms with Crippen molar-refractivity contribution in [1.82, 2.24) is 4.90 Å². The number of thiophene rings is 1. The molecule has 4 rings (SSSR count). The summed E-state index contributed by atoms with van der Waals surface area (Å²) in [5, 5.41) is 2.90. The van der Waals surface area contributed by atoms with E-state index in [2.05, 4.69) is 58.8 Å². The molecule has 1 fully saturated rings. The molecule has 2 heterocycles. The predicted molar refractivity (Wildman–Crippen MR) is 114 cm³/mol. The first-order valence-electron chi connectivity index (χ1n) is 9.53. The van der Waals surface area contributed by atoms with E-state index in [-0.39, 0.29) is 5.92 Å². The van der Waals surface area contributed by atoms with E-state index >= 15 is 0 Å². The quantitative estimate of drug-likeness (QED) is 0.480. The molecule has 0 radical (unpaired) electrons. The Morgan fingerprint density at radius 3 is 2.22 bits per heavy atom. The van der Waals surface area contributed by atoms with Crippen molar-refractivity contribution in [2.75, 3.05) is 26.2 Å². The van der Waals surface area contributed by atoms with Crippen LogP contribution in [0.1, 0.15) is 34.8 Å². The van der Waals surface area contributed by atoms with Gasteiger partial charge in [-0.3, -0.25) is 4.90 Å². The first-order valence-corrected chi connectivity index (χ1v) is 10.8. The van der Waals surface area contributed by atoms with Crippen LogP contribution in [-0.4, -0.2) is 31.1 Å². The van der Waals surface area contributed by atoms with Crippen molar-refractivity contribution in [3.8, 4) is 5.75 Å². The fraction of sp³-hybridized carbons (Fsp3) is 0.304. The molecule has 2 aromatic carbocycles. The Bertz CT molecular complexity index is 824. The topological polar surface area (TPSA) is 12.5 Å². The lowest BCUT2D eigenvalue weighted by atomic mass is 9.90. The molecule has 1 aliphatic heterocycles. The number of hydrogen-bond donors (Lipinski definition) is 0. The number of ether oxygens (including phenoxy) is 1. The third-order valence-corrected chi connectivity index (χ3v) is 6.31. The van der Waals surface area contributed by atoms with Gasteiger partial charge in [-0.15, -0.1) is 11.3 Å². The van der Waals surface area contributed by atoms with Crippen molar-refractivity contribution in [3.63, 3.8) is 0 Å². The second-order valence-corrected chi connectivity index (χ2v) is 8.38. The first-order chi connectivity index (χ1) is 13.3. The third kappa shape index (κ3) is 4.73. The van der Waals surface area contributed by atoms with Crippen molar-refractivity contribution in [3.05, 3.63) is 87.1 Å². The molecule has 1 saturated heterocycles. The molecule has 0 aliphatic carbocycles. The molecule has 2 nitrogen and oxygen atoms in total. The Labute approximate surface area is 170 Å². The Hall–Kier alpha value is -1.81. The van der Waals surface area contributed by atoms with E-state index in [1.54, 1.807) is 11.3 Å². The van der Waals surface area contributed by atoms with Crippen LogP contribution >= 0.6 is 22.9 Å². The van der Waals surface area contributed by atoms with E-state index in [0.29, 0.717) is 0 Å². The van der Waals surface area contributed by atoms with Gasteiger partial charge in [-0.2, -0.15) is 0 Å². The molecule has 1 aliphatic rings. The van der Waals surface area contributed by atoms with Crippen LogP contribution in [0, 0.1) is 0 Å². The molecule has 1 unspecified atom stereocenters. The zero-order valence-corrected chi connectivity index (χ0v) is 16.9. The van der Waals surface area contributed by atoms with E-state index in [1.165, 1.54) is 41.9 Å². The van der Waals surface area contributed by atoms with Crippen LogP contribution in [0.15, 0.2) is 66.0 Å². The molecule has 3 aromatic rings. The number of benzene rings is 2. The smallest absolute Gasteiger partial charge is 0.119 e. The molecule has 0 saturated carbocycles. The van der Waals surface area contributed by atoms with Crippen LogP contribution in [-0.2, 0) is 0 Å². The maximum atomic E-state index is 6.09. The summed E-state index contributed by atoms with van der Waals surface area (Å²) in [6.07, 6.45) is 2.65. The summed E-state index contributed by atoms with van der Waals surface area (Å²) in [5.41, 5.74) is 2.52. The second kappa shape index (κ2) is 8.92. The zero-order chi connectivity index (χ0) is 18.5. The van der Waals surface area contributed by atoms with Gasteiger partial charge in [0.25, 0.3) is 0 Å². The van der Waals surface area contributed by atoms with Gasteiger partial charge in [0.2, 0.25) is 0 Å². The molecular weight excluding hydrogens is 374 g/mol. The molecule has 1 aromatic heterocycles. The van der Waals surface area contributed by atoms with Gasteiger partial charge in [-0.25, -0.2) is 0 Å². The summed E-state index contributed by atoms with van der Waals surface area (Å²) in [4.78, 5) is 3.81. The number of likely N-dealkylation sites (tertiary alicyclic amines) is 1. The van der Waals surface area contributed by atoms with Gasteiger partial charge in [-0.1, -0.05) is 41.9 Å². The van der Waals surface area contributed by atoms with Crippen molar-refractivity contribution < 1.29 is 4.74 Å². The lowest BCUT2D eigenvalue weighted by Gasteiger charge is -2.18. The Balaban J connectivity index is 1.48. The molecule has 27 heavy (non-hydrogen) atoms. The Kier molecular flexibility index (Phi) is 6.13. The molecule has 0 bridgehead atoms. The highest BCUT2D eigenvalue weighted by Crippen LogP contribution is 2.35. The highest BCUT2D eigenvalue weighted by atomic mass is 35.5. The molecule has 0 spiro atoms. The van der Waals surface area contributed by atoms with Crippen LogP contribution in [0.2, 0.25) is 5.02 Å². The number of hydrogen-bond acceptors (Lipinski definition) is 3. The van der Waals surface area contributed by atoms with E-state index in [9.17, 15) is 0 Å². The van der Waals surface area contributed by atoms with Crippen LogP contribution < -0.4 is 4.74 Å². The lowest BCUT2D eigenvalue weighted by molar-refractivity contribution is 0.238. The molecule has 140 valence electrons. The van der Waals surface area contributed by atoms with Crippen LogP contribution in [0.5, 0.6) is 5.75 Å². The van der Waals surface area contributed by atoms with Gasteiger partial charge in [0, 0.05) is 22.4 Å². The summed E-state index contributed by atoms with van der Waals surface area (Å²) in [7, 11) is 0. The minimum absolute atomic E-state index is 0.223. The highest BCUT2D eigenvalue weighted by Gasteiger charge is 2.18. The van der Waals surface area contributed by atoms with E-state index in [1.807, 2.05) is 12.1 Å². The van der Waals surface area contributed by atoms with Crippen LogP contribution in [0.3, 0.4) is 0 Å². The van der Waals surface area contributed by atoms with Crippen molar-refractivity contribution in [2.24, 2.45) is 0 Å². The molecule has 0 amide bonds. The normalized spacial score (nSPS) is 15.7. The minimum atomic E-state index is 0.223. The van der Waals surface area contributed by atoms with Gasteiger partial charge in [0.1, 0.15) is 12.4 Å². The maximum Gasteiger partial charge on any atom is 0.119 e. The van der Waals surface area contributed by atoms with Gasteiger partial charge < -0.3 is 4.74 Å². The van der Waals surface area contributed by atoms with Crippen LogP contribution in [0.25, 0.3) is 0 Å². The molecular formula is C23H24ClNOS. The van der Waals surface area contributed by atoms with Crippen molar-refractivity contribution in [1.29, 1.82) is 0 Å². The minimum Gasteiger partial charge on any atom is -0.492 e. The van der Waals surface area contributed by atoms with E-state index in [0.717, 1.165) is 23.9 Å². The molecule has 0 N–H and O–H groups in total. The third-order valence-electron chi connectivity index (χ3n) is 5.12. The predicted octanol–water partition coefficient (Wildman–Crippen LogP) is 6.06. The van der Waals surface area contributed by atoms with E-state index in [4.69, 9.17) is 16.3 Å². The summed E-state index contributed by atoms with van der Waals surface area (Å²) < 4.78 is 5.96. The fourth-order valence-electron chi connectivity index (χ4n) is 3.69. The van der Waals surface area contributed by atoms with E-state index < -0.39 is 0 Å². The maximum absolute atomic E-state index is 6.09. The van der Waals surface area contributed by atoms with Crippen molar-refractivity contribution in [2.45, 2.75) is 18.8 Å². The standard InChI is InChI=1S/C23H24ClNOS/c24-20-9-5-18(6-10-20)23(22-4-3-17-27-22)19-7-11-21(12-8-19)26-16-15-25-13-1-2-14-25/h3-12,17,23H,1-2,13-16H2. The monoisotopic (exact) mass is 397 g/mol. The second-order valence-electron chi connectivity index (χ2n) is 6.97. The van der Waals surface area contributed by atoms with Crippen LogP contribution in [0.4, 0.5) is 0 Å². The molecule has 1 atom stereocenters. The fourth-order valence-corrected chi connectivity index (χ4v) is 4.69. The first kappa shape index (κ1) is 18.5. The Morgan fingerprint density at radius 2 is 1.59 bits per heavy atom. The SMILES string of the molecule is Clc1ccc(C(c2ccc(OCCN3CCCC3)cc2)c2cccs2)cc1. The van der Waals surface area contributed by atoms with Gasteiger partial charge in [0.05, 0.1) is 0 Å². The highest BCUT2D eigenvalue weighted by molar-refractivity contribution is 7.10. The average Bonchev–Trinajstić information content (AvgIpc) is 3.39. The lowest BCUT2D eigenvalue weighted by Crippen LogP contribution is -2.25. The largest absolute Gasteiger partial charge is 0.492 e. The molecule has 4 heteroatoms. The van der Waals surface area contributed by atoms with Crippen molar-refractivity contribution >= 4 is 22.9 Å². The summed E-state index contributed by atoms with van der Waals surface area (Å²) in [6.45, 7) is 4.20. The number of halogens is 1. The van der Waals surface area contributed by atoms with Gasteiger partial charge in [-0.05, 0) is 72.8 Å². The number of rotatable bonds is 7. The average molecular weight is 398 g/mol. The zero-order valence-electron chi connectivity index (χ0n) is 15.3. The van der Waals surface area contributed by atoms with Gasteiger partial charge >= 0.3 is 0 Å². The summed E-state index contributed by atoms with van der Waals surface area (Å²) in [5.74, 6) is 1.17. The number of nitrogens with zero attached hydrogens (tertiary/aromatic N) is 1.